The fraction of sp³-hybridized carbons (Fsp3) is 0.167. The predicted molar refractivity (Wildman–Crippen MR) is 114 cm³/mol. The number of hydrogen-bond acceptors (Lipinski definition) is 6. The maximum atomic E-state index is 12.8. The SMILES string of the molecule is CCn1c(SCc2csc(-c3ccsc3)n2)nc2ccc(Br)cc2c1=O. The number of fused-ring (bicyclic) bond motifs is 1. The number of aromatic nitrogens is 3. The van der Waals surface area contributed by atoms with Gasteiger partial charge < -0.3 is 0 Å². The Morgan fingerprint density at radius 1 is 1.23 bits per heavy atom. The van der Waals surface area contributed by atoms with Crippen LogP contribution in [0.1, 0.15) is 12.6 Å². The Bertz CT molecular complexity index is 1120. The van der Waals surface area contributed by atoms with Gasteiger partial charge in [0.15, 0.2) is 5.16 Å². The molecule has 0 radical (unpaired) electrons. The topological polar surface area (TPSA) is 47.8 Å². The maximum Gasteiger partial charge on any atom is 0.262 e. The number of halogens is 1. The molecule has 3 aromatic heterocycles. The second-order valence-corrected chi connectivity index (χ2v) is 9.05. The Labute approximate surface area is 171 Å². The first-order valence-electron chi connectivity index (χ1n) is 7.95. The van der Waals surface area contributed by atoms with E-state index in [4.69, 9.17) is 9.97 Å². The molecule has 1 aromatic carbocycles. The van der Waals surface area contributed by atoms with E-state index in [0.29, 0.717) is 17.7 Å². The lowest BCUT2D eigenvalue weighted by molar-refractivity contribution is 0.634. The summed E-state index contributed by atoms with van der Waals surface area (Å²) in [6.07, 6.45) is 0. The van der Waals surface area contributed by atoms with Gasteiger partial charge in [0.1, 0.15) is 5.01 Å². The number of thiazole rings is 1. The second-order valence-electron chi connectivity index (χ2n) is 5.55. The van der Waals surface area contributed by atoms with Crippen LogP contribution in [0.4, 0.5) is 0 Å². The molecule has 132 valence electrons. The molecule has 4 rings (SSSR count). The lowest BCUT2D eigenvalue weighted by Gasteiger charge is -2.10. The number of hydrogen-bond donors (Lipinski definition) is 0. The molecular weight excluding hydrogens is 450 g/mol. The predicted octanol–water partition coefficient (Wildman–Crippen LogP) is 5.66. The first-order valence-corrected chi connectivity index (χ1v) is 11.6. The lowest BCUT2D eigenvalue weighted by atomic mass is 10.2. The van der Waals surface area contributed by atoms with Gasteiger partial charge in [-0.05, 0) is 36.6 Å². The molecule has 0 saturated heterocycles. The Morgan fingerprint density at radius 2 is 2.12 bits per heavy atom. The molecule has 0 aliphatic carbocycles. The molecule has 0 atom stereocenters. The fourth-order valence-corrected chi connectivity index (χ4v) is 5.55. The van der Waals surface area contributed by atoms with Crippen LogP contribution in [0, 0.1) is 0 Å². The minimum absolute atomic E-state index is 0.00135. The third kappa shape index (κ3) is 3.51. The smallest absolute Gasteiger partial charge is 0.262 e. The third-order valence-corrected chi connectivity index (χ3v) is 6.99. The molecule has 0 saturated carbocycles. The van der Waals surface area contributed by atoms with Crippen molar-refractivity contribution < 1.29 is 0 Å². The van der Waals surface area contributed by atoms with Gasteiger partial charge in [0, 0.05) is 33.1 Å². The Hall–Kier alpha value is -1.48. The Morgan fingerprint density at radius 3 is 2.88 bits per heavy atom. The van der Waals surface area contributed by atoms with Gasteiger partial charge in [0.05, 0.1) is 16.6 Å². The molecule has 0 bridgehead atoms. The minimum Gasteiger partial charge on any atom is -0.287 e. The molecule has 26 heavy (non-hydrogen) atoms. The molecule has 0 fully saturated rings. The van der Waals surface area contributed by atoms with Crippen molar-refractivity contribution in [2.45, 2.75) is 24.4 Å². The van der Waals surface area contributed by atoms with Crippen LogP contribution in [-0.2, 0) is 12.3 Å². The van der Waals surface area contributed by atoms with E-state index in [0.717, 1.165) is 31.4 Å². The van der Waals surface area contributed by atoms with Crippen molar-refractivity contribution in [3.05, 3.63) is 60.9 Å². The minimum atomic E-state index is -0.00135. The van der Waals surface area contributed by atoms with E-state index >= 15 is 0 Å². The summed E-state index contributed by atoms with van der Waals surface area (Å²) in [5, 5.41) is 8.64. The first kappa shape index (κ1) is 17.9. The number of thiophene rings is 1. The van der Waals surface area contributed by atoms with Crippen LogP contribution < -0.4 is 5.56 Å². The molecule has 4 aromatic rings. The second kappa shape index (κ2) is 7.64. The van der Waals surface area contributed by atoms with E-state index in [1.165, 1.54) is 0 Å². The highest BCUT2D eigenvalue weighted by molar-refractivity contribution is 9.10. The average molecular weight is 464 g/mol. The molecule has 0 amide bonds. The molecule has 0 spiro atoms. The van der Waals surface area contributed by atoms with Crippen LogP contribution >= 0.6 is 50.4 Å². The van der Waals surface area contributed by atoms with Crippen molar-refractivity contribution in [3.8, 4) is 10.6 Å². The van der Waals surface area contributed by atoms with Crippen molar-refractivity contribution in [1.29, 1.82) is 0 Å². The van der Waals surface area contributed by atoms with Crippen molar-refractivity contribution in [3.63, 3.8) is 0 Å². The Balaban J connectivity index is 1.63. The van der Waals surface area contributed by atoms with Gasteiger partial charge in [-0.1, -0.05) is 27.7 Å². The molecule has 0 aliphatic rings. The molecule has 0 aliphatic heterocycles. The zero-order chi connectivity index (χ0) is 18.1. The zero-order valence-electron chi connectivity index (χ0n) is 13.8. The van der Waals surface area contributed by atoms with Crippen molar-refractivity contribution >= 4 is 61.3 Å². The highest BCUT2D eigenvalue weighted by atomic mass is 79.9. The van der Waals surface area contributed by atoms with Crippen molar-refractivity contribution in [2.75, 3.05) is 0 Å². The largest absolute Gasteiger partial charge is 0.287 e. The lowest BCUT2D eigenvalue weighted by Crippen LogP contribution is -2.22. The fourth-order valence-electron chi connectivity index (χ4n) is 2.59. The van der Waals surface area contributed by atoms with Gasteiger partial charge in [-0.15, -0.1) is 11.3 Å². The molecule has 4 nitrogen and oxygen atoms in total. The summed E-state index contributed by atoms with van der Waals surface area (Å²) in [4.78, 5) is 22.2. The molecule has 0 N–H and O–H groups in total. The van der Waals surface area contributed by atoms with Crippen LogP contribution in [0.5, 0.6) is 0 Å². The highest BCUT2D eigenvalue weighted by Crippen LogP contribution is 2.29. The van der Waals surface area contributed by atoms with Crippen LogP contribution in [0.3, 0.4) is 0 Å². The van der Waals surface area contributed by atoms with Gasteiger partial charge in [0.2, 0.25) is 0 Å². The van der Waals surface area contributed by atoms with Crippen molar-refractivity contribution in [2.24, 2.45) is 0 Å². The van der Waals surface area contributed by atoms with Crippen LogP contribution in [0.15, 0.2) is 54.8 Å². The van der Waals surface area contributed by atoms with Gasteiger partial charge in [-0.2, -0.15) is 11.3 Å². The number of benzene rings is 1. The van der Waals surface area contributed by atoms with Gasteiger partial charge >= 0.3 is 0 Å². The highest BCUT2D eigenvalue weighted by Gasteiger charge is 2.12. The number of thioether (sulfide) groups is 1. The third-order valence-electron chi connectivity index (χ3n) is 3.87. The quantitative estimate of drug-likeness (QED) is 0.283. The summed E-state index contributed by atoms with van der Waals surface area (Å²) < 4.78 is 2.61. The molecule has 8 heteroatoms. The monoisotopic (exact) mass is 463 g/mol. The summed E-state index contributed by atoms with van der Waals surface area (Å²) in [7, 11) is 0. The standard InChI is InChI=1S/C18H14BrN3OS3/c1-2-22-17(23)14-7-12(19)3-4-15(14)21-18(22)26-10-13-9-25-16(20-13)11-5-6-24-8-11/h3-9H,2,10H2,1H3. The van der Waals surface area contributed by atoms with Crippen molar-refractivity contribution in [1.82, 2.24) is 14.5 Å². The molecule has 0 unspecified atom stereocenters. The summed E-state index contributed by atoms with van der Waals surface area (Å²) in [6, 6.07) is 7.70. The summed E-state index contributed by atoms with van der Waals surface area (Å²) in [5.74, 6) is 0.690. The van der Waals surface area contributed by atoms with E-state index in [1.807, 2.05) is 25.1 Å². The van der Waals surface area contributed by atoms with E-state index in [1.54, 1.807) is 39.0 Å². The van der Waals surface area contributed by atoms with E-state index in [-0.39, 0.29) is 5.56 Å². The summed E-state index contributed by atoms with van der Waals surface area (Å²) in [5.41, 5.74) is 2.89. The van der Waals surface area contributed by atoms with E-state index in [2.05, 4.69) is 38.1 Å². The normalized spacial score (nSPS) is 11.3. The van der Waals surface area contributed by atoms with Gasteiger partial charge in [-0.25, -0.2) is 9.97 Å². The van der Waals surface area contributed by atoms with E-state index in [9.17, 15) is 4.79 Å². The average Bonchev–Trinajstić information content (AvgIpc) is 3.32. The number of rotatable bonds is 5. The summed E-state index contributed by atoms with van der Waals surface area (Å²) >= 11 is 8.30. The molecular formula is C18H14BrN3OS3. The first-order chi connectivity index (χ1) is 12.7. The zero-order valence-corrected chi connectivity index (χ0v) is 17.8. The Kier molecular flexibility index (Phi) is 5.26. The van der Waals surface area contributed by atoms with E-state index < -0.39 is 0 Å². The summed E-state index contributed by atoms with van der Waals surface area (Å²) in [6.45, 7) is 2.56. The maximum absolute atomic E-state index is 12.8. The van der Waals surface area contributed by atoms with Crippen LogP contribution in [0.2, 0.25) is 0 Å². The van der Waals surface area contributed by atoms with Gasteiger partial charge in [0.25, 0.3) is 5.56 Å². The molecule has 3 heterocycles. The number of nitrogens with zero attached hydrogens (tertiary/aromatic N) is 3. The van der Waals surface area contributed by atoms with Gasteiger partial charge in [-0.3, -0.25) is 9.36 Å². The van der Waals surface area contributed by atoms with Crippen LogP contribution in [0.25, 0.3) is 21.5 Å². The van der Waals surface area contributed by atoms with Crippen LogP contribution in [-0.4, -0.2) is 14.5 Å².